The zero-order valence-electron chi connectivity index (χ0n) is 14.0. The zero-order valence-corrected chi connectivity index (χ0v) is 14.0. The normalized spacial score (nSPS) is 18.9. The molecule has 1 N–H and O–H groups in total. The van der Waals surface area contributed by atoms with Gasteiger partial charge >= 0.3 is 0 Å². The van der Waals surface area contributed by atoms with Gasteiger partial charge in [-0.1, -0.05) is 42.5 Å². The maximum atomic E-state index is 13.3. The monoisotopic (exact) mass is 347 g/mol. The SMILES string of the molecule is Fc1cccc(OCC2=N[C@H](c3cccnc3)[C@H](c3ccccc3)N2)c1. The van der Waals surface area contributed by atoms with Crippen molar-refractivity contribution >= 4 is 5.84 Å². The summed E-state index contributed by atoms with van der Waals surface area (Å²) in [6, 6.07) is 20.1. The van der Waals surface area contributed by atoms with E-state index in [-0.39, 0.29) is 24.5 Å². The third-order valence-corrected chi connectivity index (χ3v) is 4.29. The molecule has 0 saturated heterocycles. The lowest BCUT2D eigenvalue weighted by Gasteiger charge is -2.19. The van der Waals surface area contributed by atoms with Gasteiger partial charge < -0.3 is 10.1 Å². The minimum absolute atomic E-state index is 0.00603. The molecule has 0 bridgehead atoms. The first-order valence-corrected chi connectivity index (χ1v) is 8.46. The van der Waals surface area contributed by atoms with E-state index in [0.29, 0.717) is 5.75 Å². The van der Waals surface area contributed by atoms with Crippen molar-refractivity contribution in [1.29, 1.82) is 0 Å². The minimum atomic E-state index is -0.320. The summed E-state index contributed by atoms with van der Waals surface area (Å²) in [4.78, 5) is 9.02. The Hall–Kier alpha value is -3.21. The summed E-state index contributed by atoms with van der Waals surface area (Å²) in [5.74, 6) is 0.895. The number of ether oxygens (including phenoxy) is 1. The molecule has 0 spiro atoms. The Morgan fingerprint density at radius 2 is 1.81 bits per heavy atom. The molecule has 130 valence electrons. The highest BCUT2D eigenvalue weighted by Crippen LogP contribution is 2.35. The van der Waals surface area contributed by atoms with E-state index in [1.165, 1.54) is 12.1 Å². The lowest BCUT2D eigenvalue weighted by molar-refractivity contribution is 0.370. The van der Waals surface area contributed by atoms with E-state index in [2.05, 4.69) is 22.4 Å². The van der Waals surface area contributed by atoms with Crippen molar-refractivity contribution in [3.8, 4) is 5.75 Å². The molecule has 1 aliphatic heterocycles. The van der Waals surface area contributed by atoms with Crippen molar-refractivity contribution in [2.24, 2.45) is 4.99 Å². The molecule has 1 aliphatic rings. The van der Waals surface area contributed by atoms with Crippen molar-refractivity contribution in [3.05, 3.63) is 96.1 Å². The second kappa shape index (κ2) is 7.35. The molecule has 4 nitrogen and oxygen atoms in total. The van der Waals surface area contributed by atoms with E-state index in [1.807, 2.05) is 36.5 Å². The van der Waals surface area contributed by atoms with Crippen LogP contribution in [0.4, 0.5) is 4.39 Å². The molecule has 2 aromatic carbocycles. The van der Waals surface area contributed by atoms with Gasteiger partial charge in [0.2, 0.25) is 0 Å². The second-order valence-electron chi connectivity index (χ2n) is 6.09. The lowest BCUT2D eigenvalue weighted by atomic mass is 9.96. The quantitative estimate of drug-likeness (QED) is 0.756. The largest absolute Gasteiger partial charge is 0.486 e. The first kappa shape index (κ1) is 16.3. The fraction of sp³-hybridized carbons (Fsp3) is 0.143. The Morgan fingerprint density at radius 1 is 0.962 bits per heavy atom. The summed E-state index contributed by atoms with van der Waals surface area (Å²) >= 11 is 0. The molecule has 0 saturated carbocycles. The van der Waals surface area contributed by atoms with Gasteiger partial charge in [0.25, 0.3) is 0 Å². The number of aromatic nitrogens is 1. The van der Waals surface area contributed by atoms with Gasteiger partial charge in [-0.15, -0.1) is 0 Å². The molecule has 0 unspecified atom stereocenters. The number of hydrogen-bond donors (Lipinski definition) is 1. The van der Waals surface area contributed by atoms with Gasteiger partial charge in [0.05, 0.1) is 6.04 Å². The van der Waals surface area contributed by atoms with Gasteiger partial charge in [-0.25, -0.2) is 4.39 Å². The smallest absolute Gasteiger partial charge is 0.145 e. The van der Waals surface area contributed by atoms with Crippen LogP contribution in [0, 0.1) is 5.82 Å². The number of amidine groups is 1. The van der Waals surface area contributed by atoms with Gasteiger partial charge in [-0.2, -0.15) is 0 Å². The highest BCUT2D eigenvalue weighted by atomic mass is 19.1. The Bertz CT molecular complexity index is 899. The number of halogens is 1. The van der Waals surface area contributed by atoms with E-state index >= 15 is 0 Å². The van der Waals surface area contributed by atoms with Crippen molar-refractivity contribution in [1.82, 2.24) is 10.3 Å². The van der Waals surface area contributed by atoms with E-state index in [1.54, 1.807) is 18.3 Å². The molecular formula is C21H18FN3O. The van der Waals surface area contributed by atoms with E-state index < -0.39 is 0 Å². The Balaban J connectivity index is 1.56. The first-order valence-electron chi connectivity index (χ1n) is 8.46. The van der Waals surface area contributed by atoms with Crippen LogP contribution in [0.3, 0.4) is 0 Å². The molecule has 5 heteroatoms. The third kappa shape index (κ3) is 3.57. The van der Waals surface area contributed by atoms with Crippen LogP contribution in [-0.4, -0.2) is 17.4 Å². The zero-order chi connectivity index (χ0) is 17.8. The summed E-state index contributed by atoms with van der Waals surface area (Å²) < 4.78 is 19.0. The van der Waals surface area contributed by atoms with E-state index in [9.17, 15) is 4.39 Å². The summed E-state index contributed by atoms with van der Waals surface area (Å²) in [5, 5.41) is 3.44. The molecule has 0 radical (unpaired) electrons. The number of rotatable bonds is 5. The molecule has 26 heavy (non-hydrogen) atoms. The van der Waals surface area contributed by atoms with Gasteiger partial charge in [-0.05, 0) is 29.3 Å². The highest BCUT2D eigenvalue weighted by Gasteiger charge is 2.31. The highest BCUT2D eigenvalue weighted by molar-refractivity contribution is 5.86. The molecule has 3 aromatic rings. The minimum Gasteiger partial charge on any atom is -0.486 e. The van der Waals surface area contributed by atoms with Crippen LogP contribution in [0.5, 0.6) is 5.75 Å². The van der Waals surface area contributed by atoms with E-state index in [4.69, 9.17) is 9.73 Å². The lowest BCUT2D eigenvalue weighted by Crippen LogP contribution is -2.28. The Kier molecular flexibility index (Phi) is 4.60. The predicted octanol–water partition coefficient (Wildman–Crippen LogP) is 4.08. The molecule has 0 aliphatic carbocycles. The van der Waals surface area contributed by atoms with Crippen LogP contribution in [0.2, 0.25) is 0 Å². The number of benzene rings is 2. The maximum absolute atomic E-state index is 13.3. The standard InChI is InChI=1S/C21H18FN3O/c22-17-9-4-10-18(12-17)26-14-19-24-20(15-6-2-1-3-7-15)21(25-19)16-8-5-11-23-13-16/h1-13,20-21H,14H2,(H,24,25)/t20-,21+/m0/s1. The number of nitrogens with zero attached hydrogens (tertiary/aromatic N) is 2. The van der Waals surface area contributed by atoms with Crippen molar-refractivity contribution in [2.75, 3.05) is 6.61 Å². The molecular weight excluding hydrogens is 329 g/mol. The fourth-order valence-corrected chi connectivity index (χ4v) is 3.07. The van der Waals surface area contributed by atoms with Crippen LogP contribution >= 0.6 is 0 Å². The average molecular weight is 347 g/mol. The summed E-state index contributed by atoms with van der Waals surface area (Å²) in [5.41, 5.74) is 2.18. The van der Waals surface area contributed by atoms with Gasteiger partial charge in [0, 0.05) is 18.5 Å². The van der Waals surface area contributed by atoms with Crippen molar-refractivity contribution in [3.63, 3.8) is 0 Å². The topological polar surface area (TPSA) is 46.5 Å². The predicted molar refractivity (Wildman–Crippen MR) is 98.6 cm³/mol. The van der Waals surface area contributed by atoms with Crippen molar-refractivity contribution < 1.29 is 9.13 Å². The van der Waals surface area contributed by atoms with Crippen LogP contribution in [0.25, 0.3) is 0 Å². The average Bonchev–Trinajstić information content (AvgIpc) is 3.12. The molecule has 4 rings (SSSR count). The van der Waals surface area contributed by atoms with Crippen LogP contribution < -0.4 is 10.1 Å². The molecule has 0 amide bonds. The van der Waals surface area contributed by atoms with Crippen LogP contribution in [-0.2, 0) is 0 Å². The van der Waals surface area contributed by atoms with Gasteiger partial charge in [0.1, 0.15) is 30.1 Å². The Morgan fingerprint density at radius 3 is 2.58 bits per heavy atom. The molecule has 0 fully saturated rings. The number of hydrogen-bond acceptors (Lipinski definition) is 4. The molecule has 2 atom stereocenters. The molecule has 1 aromatic heterocycles. The van der Waals surface area contributed by atoms with Gasteiger partial charge in [-0.3, -0.25) is 9.98 Å². The van der Waals surface area contributed by atoms with Crippen LogP contribution in [0.1, 0.15) is 23.2 Å². The fourth-order valence-electron chi connectivity index (χ4n) is 3.07. The first-order chi connectivity index (χ1) is 12.8. The maximum Gasteiger partial charge on any atom is 0.145 e. The Labute approximate surface area is 151 Å². The van der Waals surface area contributed by atoms with Crippen LogP contribution in [0.15, 0.2) is 84.1 Å². The number of aliphatic imine (C=N–C) groups is 1. The third-order valence-electron chi connectivity index (χ3n) is 4.29. The molecule has 2 heterocycles. The van der Waals surface area contributed by atoms with Crippen molar-refractivity contribution in [2.45, 2.75) is 12.1 Å². The number of pyridine rings is 1. The van der Waals surface area contributed by atoms with Gasteiger partial charge in [0.15, 0.2) is 0 Å². The van der Waals surface area contributed by atoms with E-state index in [0.717, 1.165) is 17.0 Å². The number of nitrogens with one attached hydrogen (secondary N) is 1. The summed E-state index contributed by atoms with van der Waals surface area (Å²) in [6.45, 7) is 0.254. The summed E-state index contributed by atoms with van der Waals surface area (Å²) in [7, 11) is 0. The second-order valence-corrected chi connectivity index (χ2v) is 6.09. The summed E-state index contributed by atoms with van der Waals surface area (Å²) in [6.07, 6.45) is 3.59.